The van der Waals surface area contributed by atoms with Crippen LogP contribution in [0.5, 0.6) is 0 Å². The van der Waals surface area contributed by atoms with E-state index >= 15 is 0 Å². The second-order valence-electron chi connectivity index (χ2n) is 5.54. The van der Waals surface area contributed by atoms with Crippen molar-refractivity contribution in [3.05, 3.63) is 35.1 Å². The third kappa shape index (κ3) is 3.59. The minimum absolute atomic E-state index is 0.300. The lowest BCUT2D eigenvalue weighted by molar-refractivity contribution is -0.145. The van der Waals surface area contributed by atoms with Crippen LogP contribution in [-0.2, 0) is 11.3 Å². The number of nitrogens with zero attached hydrogens (tertiary/aromatic N) is 2. The summed E-state index contributed by atoms with van der Waals surface area (Å²) in [5.41, 5.74) is 0.955. The fraction of sp³-hybridized carbons (Fsp3) is 0.500. The van der Waals surface area contributed by atoms with Gasteiger partial charge in [-0.3, -0.25) is 9.69 Å². The normalized spacial score (nSPS) is 22.7. The predicted octanol–water partition coefficient (Wildman–Crippen LogP) is 2.77. The third-order valence-corrected chi connectivity index (χ3v) is 4.25. The number of aliphatic carboxylic acids is 1. The molecule has 1 aromatic carbocycles. The molecule has 1 N–H and O–H groups in total. The SMILES string of the molecule is CCC1CCN(Cc2cc(F)ccc2C#N)C(C(=O)O)C1. The zero-order chi connectivity index (χ0) is 15.4. The van der Waals surface area contributed by atoms with E-state index in [1.165, 1.54) is 18.2 Å². The lowest BCUT2D eigenvalue weighted by Gasteiger charge is -2.37. The number of halogens is 1. The number of hydrogen-bond donors (Lipinski definition) is 1. The Morgan fingerprint density at radius 1 is 1.57 bits per heavy atom. The molecule has 0 aliphatic carbocycles. The van der Waals surface area contributed by atoms with Gasteiger partial charge >= 0.3 is 5.97 Å². The van der Waals surface area contributed by atoms with Gasteiger partial charge in [-0.2, -0.15) is 5.26 Å². The van der Waals surface area contributed by atoms with E-state index in [2.05, 4.69) is 6.92 Å². The highest BCUT2D eigenvalue weighted by atomic mass is 19.1. The molecule has 2 unspecified atom stereocenters. The van der Waals surface area contributed by atoms with Gasteiger partial charge in [-0.25, -0.2) is 4.39 Å². The van der Waals surface area contributed by atoms with Gasteiger partial charge in [0, 0.05) is 6.54 Å². The van der Waals surface area contributed by atoms with Crippen LogP contribution in [0, 0.1) is 23.1 Å². The van der Waals surface area contributed by atoms with Crippen molar-refractivity contribution in [3.8, 4) is 6.07 Å². The van der Waals surface area contributed by atoms with Crippen molar-refractivity contribution in [1.29, 1.82) is 5.26 Å². The van der Waals surface area contributed by atoms with Gasteiger partial charge in [-0.15, -0.1) is 0 Å². The first kappa shape index (κ1) is 15.5. The second-order valence-corrected chi connectivity index (χ2v) is 5.54. The highest BCUT2D eigenvalue weighted by Gasteiger charge is 2.32. The molecule has 1 heterocycles. The van der Waals surface area contributed by atoms with Gasteiger partial charge in [-0.05, 0) is 49.1 Å². The first-order valence-corrected chi connectivity index (χ1v) is 7.20. The third-order valence-electron chi connectivity index (χ3n) is 4.25. The summed E-state index contributed by atoms with van der Waals surface area (Å²) < 4.78 is 13.4. The molecule has 2 atom stereocenters. The molecule has 0 spiro atoms. The predicted molar refractivity (Wildman–Crippen MR) is 76.0 cm³/mol. The molecule has 1 fully saturated rings. The van der Waals surface area contributed by atoms with Crippen LogP contribution in [0.1, 0.15) is 37.3 Å². The van der Waals surface area contributed by atoms with Crippen LogP contribution < -0.4 is 0 Å². The van der Waals surface area contributed by atoms with Crippen LogP contribution in [0.15, 0.2) is 18.2 Å². The quantitative estimate of drug-likeness (QED) is 0.926. The smallest absolute Gasteiger partial charge is 0.320 e. The molecule has 1 saturated heterocycles. The maximum absolute atomic E-state index is 13.4. The molecule has 2 rings (SSSR count). The lowest BCUT2D eigenvalue weighted by Crippen LogP contribution is -2.46. The average Bonchev–Trinajstić information content (AvgIpc) is 2.47. The molecular weight excluding hydrogens is 271 g/mol. The molecule has 4 nitrogen and oxygen atoms in total. The van der Waals surface area contributed by atoms with Crippen molar-refractivity contribution >= 4 is 5.97 Å². The Hall–Kier alpha value is -1.93. The largest absolute Gasteiger partial charge is 0.480 e. The number of carbonyl (C=O) groups is 1. The number of carboxylic acids is 1. The molecule has 0 amide bonds. The van der Waals surface area contributed by atoms with E-state index in [1.807, 2.05) is 11.0 Å². The Morgan fingerprint density at radius 3 is 2.95 bits per heavy atom. The molecule has 21 heavy (non-hydrogen) atoms. The molecule has 0 radical (unpaired) electrons. The average molecular weight is 290 g/mol. The molecule has 0 bridgehead atoms. The minimum atomic E-state index is -0.844. The van der Waals surface area contributed by atoms with Crippen molar-refractivity contribution in [2.24, 2.45) is 5.92 Å². The fourth-order valence-electron chi connectivity index (χ4n) is 2.92. The highest BCUT2D eigenvalue weighted by Crippen LogP contribution is 2.27. The maximum Gasteiger partial charge on any atom is 0.320 e. The van der Waals surface area contributed by atoms with Crippen molar-refractivity contribution < 1.29 is 14.3 Å². The maximum atomic E-state index is 13.4. The molecule has 112 valence electrons. The number of hydrogen-bond acceptors (Lipinski definition) is 3. The van der Waals surface area contributed by atoms with Crippen LogP contribution in [0.3, 0.4) is 0 Å². The van der Waals surface area contributed by atoms with Crippen LogP contribution >= 0.6 is 0 Å². The Balaban J connectivity index is 2.20. The molecule has 0 saturated carbocycles. The number of rotatable bonds is 4. The van der Waals surface area contributed by atoms with Gasteiger partial charge in [0.1, 0.15) is 11.9 Å². The Bertz CT molecular complexity index is 568. The molecule has 1 aliphatic heterocycles. The molecule has 1 aromatic rings. The lowest BCUT2D eigenvalue weighted by atomic mass is 9.88. The van der Waals surface area contributed by atoms with E-state index < -0.39 is 17.8 Å². The minimum Gasteiger partial charge on any atom is -0.480 e. The Labute approximate surface area is 123 Å². The highest BCUT2D eigenvalue weighted by molar-refractivity contribution is 5.73. The van der Waals surface area contributed by atoms with Gasteiger partial charge in [0.05, 0.1) is 11.6 Å². The van der Waals surface area contributed by atoms with Crippen molar-refractivity contribution in [3.63, 3.8) is 0 Å². The number of benzene rings is 1. The number of likely N-dealkylation sites (tertiary alicyclic amines) is 1. The Kier molecular flexibility index (Phi) is 4.92. The van der Waals surface area contributed by atoms with Gasteiger partial charge in [-0.1, -0.05) is 13.3 Å². The van der Waals surface area contributed by atoms with E-state index in [0.29, 0.717) is 36.6 Å². The first-order chi connectivity index (χ1) is 10.0. The summed E-state index contributed by atoms with van der Waals surface area (Å²) in [6.45, 7) is 3.03. The van der Waals surface area contributed by atoms with E-state index in [4.69, 9.17) is 5.26 Å². The summed E-state index contributed by atoms with van der Waals surface area (Å²) in [5, 5.41) is 18.5. The second kappa shape index (κ2) is 6.68. The fourth-order valence-corrected chi connectivity index (χ4v) is 2.92. The summed E-state index contributed by atoms with van der Waals surface area (Å²) in [7, 11) is 0. The van der Waals surface area contributed by atoms with Gasteiger partial charge < -0.3 is 5.11 Å². The summed E-state index contributed by atoms with van der Waals surface area (Å²) in [6, 6.07) is 5.50. The van der Waals surface area contributed by atoms with Gasteiger partial charge in [0.25, 0.3) is 0 Å². The van der Waals surface area contributed by atoms with Crippen LogP contribution in [0.2, 0.25) is 0 Å². The summed E-state index contributed by atoms with van der Waals surface area (Å²) in [6.07, 6.45) is 2.53. The summed E-state index contributed by atoms with van der Waals surface area (Å²) in [5.74, 6) is -0.826. The molecule has 5 heteroatoms. The monoisotopic (exact) mass is 290 g/mol. The molecular formula is C16H19FN2O2. The van der Waals surface area contributed by atoms with Crippen LogP contribution in [0.4, 0.5) is 4.39 Å². The summed E-state index contributed by atoms with van der Waals surface area (Å²) in [4.78, 5) is 13.3. The van der Waals surface area contributed by atoms with Crippen molar-refractivity contribution in [1.82, 2.24) is 4.90 Å². The van der Waals surface area contributed by atoms with Crippen LogP contribution in [-0.4, -0.2) is 28.6 Å². The van der Waals surface area contributed by atoms with Crippen molar-refractivity contribution in [2.75, 3.05) is 6.54 Å². The zero-order valence-electron chi connectivity index (χ0n) is 12.1. The number of carboxylic acid groups (broad SMARTS) is 1. The van der Waals surface area contributed by atoms with Crippen LogP contribution in [0.25, 0.3) is 0 Å². The summed E-state index contributed by atoms with van der Waals surface area (Å²) >= 11 is 0. The van der Waals surface area contributed by atoms with E-state index in [1.54, 1.807) is 0 Å². The first-order valence-electron chi connectivity index (χ1n) is 7.20. The molecule has 1 aliphatic rings. The van der Waals surface area contributed by atoms with E-state index in [-0.39, 0.29) is 0 Å². The topological polar surface area (TPSA) is 64.3 Å². The van der Waals surface area contributed by atoms with Crippen molar-refractivity contribution in [2.45, 2.75) is 38.8 Å². The standard InChI is InChI=1S/C16H19FN2O2/c1-2-11-5-6-19(15(7-11)16(20)21)10-13-8-14(17)4-3-12(13)9-18/h3-4,8,11,15H,2,5-7,10H2,1H3,(H,20,21). The number of piperidine rings is 1. The Morgan fingerprint density at radius 2 is 2.33 bits per heavy atom. The van der Waals surface area contributed by atoms with Gasteiger partial charge in [0.2, 0.25) is 0 Å². The number of nitriles is 1. The zero-order valence-corrected chi connectivity index (χ0v) is 12.1. The van der Waals surface area contributed by atoms with E-state index in [9.17, 15) is 14.3 Å². The molecule has 0 aromatic heterocycles. The van der Waals surface area contributed by atoms with Gasteiger partial charge in [0.15, 0.2) is 0 Å². The van der Waals surface area contributed by atoms with E-state index in [0.717, 1.165) is 12.8 Å².